The van der Waals surface area contributed by atoms with Crippen LogP contribution >= 0.6 is 11.8 Å². The lowest BCUT2D eigenvalue weighted by Crippen LogP contribution is -2.25. The largest absolute Gasteiger partial charge is 0.355 e. The summed E-state index contributed by atoms with van der Waals surface area (Å²) in [5, 5.41) is 16.0. The number of fused-ring (bicyclic) bond motifs is 1. The third-order valence-corrected chi connectivity index (χ3v) is 4.20. The highest BCUT2D eigenvalue weighted by molar-refractivity contribution is 7.99. The van der Waals surface area contributed by atoms with Crippen LogP contribution in [0.25, 0.3) is 16.9 Å². The van der Waals surface area contributed by atoms with E-state index in [1.807, 2.05) is 6.92 Å². The predicted octanol–water partition coefficient (Wildman–Crippen LogP) is 2.55. The van der Waals surface area contributed by atoms with E-state index in [4.69, 9.17) is 0 Å². The lowest BCUT2D eigenvalue weighted by Gasteiger charge is -2.04. The number of amides is 1. The maximum Gasteiger partial charge on any atom is 0.230 e. The van der Waals surface area contributed by atoms with Gasteiger partial charge in [0, 0.05) is 12.1 Å². The normalized spacial score (nSPS) is 10.9. The van der Waals surface area contributed by atoms with Crippen LogP contribution in [0.15, 0.2) is 41.6 Å². The van der Waals surface area contributed by atoms with Crippen molar-refractivity contribution in [1.82, 2.24) is 25.1 Å². The Morgan fingerprint density at radius 3 is 2.75 bits per heavy atom. The van der Waals surface area contributed by atoms with Crippen LogP contribution in [0.1, 0.15) is 13.3 Å². The molecule has 0 atom stereocenters. The van der Waals surface area contributed by atoms with E-state index in [1.54, 1.807) is 28.8 Å². The highest BCUT2D eigenvalue weighted by atomic mass is 32.2. The van der Waals surface area contributed by atoms with Crippen LogP contribution in [0, 0.1) is 5.82 Å². The number of nitrogens with zero attached hydrogens (tertiary/aromatic N) is 4. The van der Waals surface area contributed by atoms with Crippen LogP contribution in [-0.2, 0) is 4.79 Å². The van der Waals surface area contributed by atoms with Gasteiger partial charge in [0.25, 0.3) is 0 Å². The van der Waals surface area contributed by atoms with E-state index in [2.05, 4.69) is 20.6 Å². The van der Waals surface area contributed by atoms with Crippen molar-refractivity contribution in [3.8, 4) is 11.3 Å². The second kappa shape index (κ2) is 7.39. The first-order chi connectivity index (χ1) is 11.7. The average Bonchev–Trinajstić information content (AvgIpc) is 3.01. The maximum atomic E-state index is 13.0. The van der Waals surface area contributed by atoms with Crippen molar-refractivity contribution in [2.24, 2.45) is 0 Å². The van der Waals surface area contributed by atoms with E-state index in [1.165, 1.54) is 23.9 Å². The SMILES string of the molecule is CCCNC(=O)CSc1nnc2ccc(-c3ccc(F)cc3)nn12. The summed E-state index contributed by atoms with van der Waals surface area (Å²) in [6.07, 6.45) is 0.896. The molecular formula is C16H16FN5OS. The number of hydrogen-bond acceptors (Lipinski definition) is 5. The molecule has 0 aliphatic heterocycles. The first-order valence-corrected chi connectivity index (χ1v) is 8.54. The molecule has 3 rings (SSSR count). The molecule has 0 aliphatic carbocycles. The third kappa shape index (κ3) is 3.70. The number of hydrogen-bond donors (Lipinski definition) is 1. The topological polar surface area (TPSA) is 72.2 Å². The second-order valence-electron chi connectivity index (χ2n) is 5.12. The molecule has 1 N–H and O–H groups in total. The fourth-order valence-electron chi connectivity index (χ4n) is 2.08. The first-order valence-electron chi connectivity index (χ1n) is 7.55. The highest BCUT2D eigenvalue weighted by Gasteiger charge is 2.11. The van der Waals surface area contributed by atoms with Crippen molar-refractivity contribution < 1.29 is 9.18 Å². The Kier molecular flexibility index (Phi) is 5.05. The summed E-state index contributed by atoms with van der Waals surface area (Å²) < 4.78 is 14.6. The standard InChI is InChI=1S/C16H16FN5OS/c1-2-9-18-15(23)10-24-16-20-19-14-8-7-13(21-22(14)16)11-3-5-12(17)6-4-11/h3-8H,2,9-10H2,1H3,(H,18,23). The molecule has 24 heavy (non-hydrogen) atoms. The number of rotatable bonds is 6. The van der Waals surface area contributed by atoms with Gasteiger partial charge >= 0.3 is 0 Å². The Morgan fingerprint density at radius 2 is 2.00 bits per heavy atom. The molecule has 1 amide bonds. The summed E-state index contributed by atoms with van der Waals surface area (Å²) in [5.74, 6) is -0.0877. The van der Waals surface area contributed by atoms with Gasteiger partial charge in [0.1, 0.15) is 5.82 Å². The lowest BCUT2D eigenvalue weighted by atomic mass is 10.1. The zero-order valence-corrected chi connectivity index (χ0v) is 13.9. The number of halogens is 1. The highest BCUT2D eigenvalue weighted by Crippen LogP contribution is 2.20. The van der Waals surface area contributed by atoms with Gasteiger partial charge in [-0.3, -0.25) is 4.79 Å². The maximum absolute atomic E-state index is 13.0. The van der Waals surface area contributed by atoms with Crippen molar-refractivity contribution in [3.63, 3.8) is 0 Å². The molecule has 0 fully saturated rings. The first kappa shape index (κ1) is 16.4. The van der Waals surface area contributed by atoms with Crippen molar-refractivity contribution in [3.05, 3.63) is 42.2 Å². The number of aromatic nitrogens is 4. The van der Waals surface area contributed by atoms with E-state index in [0.717, 1.165) is 12.0 Å². The molecule has 0 aliphatic rings. The molecule has 6 nitrogen and oxygen atoms in total. The Labute approximate surface area is 142 Å². The summed E-state index contributed by atoms with van der Waals surface area (Å²) in [4.78, 5) is 11.7. The molecule has 0 saturated carbocycles. The van der Waals surface area contributed by atoms with Crippen molar-refractivity contribution >= 4 is 23.3 Å². The molecule has 0 unspecified atom stereocenters. The van der Waals surface area contributed by atoms with Gasteiger partial charge < -0.3 is 5.32 Å². The average molecular weight is 345 g/mol. The Hall–Kier alpha value is -2.48. The third-order valence-electron chi connectivity index (χ3n) is 3.28. The second-order valence-corrected chi connectivity index (χ2v) is 6.06. The minimum Gasteiger partial charge on any atom is -0.355 e. The van der Waals surface area contributed by atoms with E-state index < -0.39 is 0 Å². The summed E-state index contributed by atoms with van der Waals surface area (Å²) in [6, 6.07) is 9.71. The fraction of sp³-hybridized carbons (Fsp3) is 0.250. The zero-order valence-electron chi connectivity index (χ0n) is 13.1. The number of benzene rings is 1. The molecular weight excluding hydrogens is 329 g/mol. The van der Waals surface area contributed by atoms with Gasteiger partial charge in [-0.25, -0.2) is 4.39 Å². The van der Waals surface area contributed by atoms with Crippen molar-refractivity contribution in [1.29, 1.82) is 0 Å². The quantitative estimate of drug-likeness (QED) is 0.695. The van der Waals surface area contributed by atoms with Crippen LogP contribution in [0.3, 0.4) is 0 Å². The molecule has 3 aromatic rings. The van der Waals surface area contributed by atoms with Gasteiger partial charge in [-0.2, -0.15) is 9.61 Å². The summed E-state index contributed by atoms with van der Waals surface area (Å²) in [7, 11) is 0. The molecule has 0 saturated heterocycles. The van der Waals surface area contributed by atoms with Gasteiger partial charge in [-0.15, -0.1) is 10.2 Å². The monoisotopic (exact) mass is 345 g/mol. The molecule has 1 aromatic carbocycles. The minimum absolute atomic E-state index is 0.0479. The molecule has 0 radical (unpaired) electrons. The van der Waals surface area contributed by atoms with Crippen molar-refractivity contribution in [2.75, 3.05) is 12.3 Å². The summed E-state index contributed by atoms with van der Waals surface area (Å²) >= 11 is 1.28. The van der Waals surface area contributed by atoms with Crippen LogP contribution in [0.2, 0.25) is 0 Å². The molecule has 0 spiro atoms. The van der Waals surface area contributed by atoms with Gasteiger partial charge in [0.15, 0.2) is 5.65 Å². The van der Waals surface area contributed by atoms with Gasteiger partial charge in [-0.1, -0.05) is 18.7 Å². The van der Waals surface area contributed by atoms with Crippen LogP contribution < -0.4 is 5.32 Å². The summed E-state index contributed by atoms with van der Waals surface area (Å²) in [5.41, 5.74) is 2.07. The van der Waals surface area contributed by atoms with Crippen LogP contribution in [-0.4, -0.2) is 38.0 Å². The number of nitrogens with one attached hydrogen (secondary N) is 1. The van der Waals surface area contributed by atoms with Crippen LogP contribution in [0.5, 0.6) is 0 Å². The fourth-order valence-corrected chi connectivity index (χ4v) is 2.80. The number of thioether (sulfide) groups is 1. The van der Waals surface area contributed by atoms with Crippen molar-refractivity contribution in [2.45, 2.75) is 18.5 Å². The molecule has 2 heterocycles. The molecule has 124 valence electrons. The lowest BCUT2D eigenvalue weighted by molar-refractivity contribution is -0.118. The number of carbonyl (C=O) groups is 1. The van der Waals surface area contributed by atoms with Gasteiger partial charge in [-0.05, 0) is 42.8 Å². The Morgan fingerprint density at radius 1 is 1.21 bits per heavy atom. The predicted molar refractivity (Wildman–Crippen MR) is 90.2 cm³/mol. The van der Waals surface area contributed by atoms with Gasteiger partial charge in [0.05, 0.1) is 11.4 Å². The zero-order chi connectivity index (χ0) is 16.9. The Balaban J connectivity index is 1.81. The summed E-state index contributed by atoms with van der Waals surface area (Å²) in [6.45, 7) is 2.66. The van der Waals surface area contributed by atoms with E-state index >= 15 is 0 Å². The van der Waals surface area contributed by atoms with Gasteiger partial charge in [0.2, 0.25) is 11.1 Å². The number of carbonyl (C=O) groups excluding carboxylic acids is 1. The van der Waals surface area contributed by atoms with E-state index in [0.29, 0.717) is 23.0 Å². The molecule has 8 heteroatoms. The minimum atomic E-state index is -0.293. The van der Waals surface area contributed by atoms with E-state index in [-0.39, 0.29) is 17.5 Å². The smallest absolute Gasteiger partial charge is 0.230 e. The van der Waals surface area contributed by atoms with E-state index in [9.17, 15) is 9.18 Å². The molecule has 2 aromatic heterocycles. The van der Waals surface area contributed by atoms with Crippen LogP contribution in [0.4, 0.5) is 4.39 Å². The Bertz CT molecular complexity index is 849. The molecule has 0 bridgehead atoms.